The minimum atomic E-state index is -0.00673. The number of unbranched alkanes of at least 4 members (excludes halogenated alkanes) is 11. The van der Waals surface area contributed by atoms with E-state index >= 15 is 0 Å². The fraction of sp³-hybridized carbons (Fsp3) is 0.545. The van der Waals surface area contributed by atoms with Gasteiger partial charge in [0.2, 0.25) is 5.91 Å². The van der Waals surface area contributed by atoms with E-state index in [0.29, 0.717) is 6.42 Å². The number of rotatable bonds is 19. The van der Waals surface area contributed by atoms with Gasteiger partial charge in [0.25, 0.3) is 0 Å². The van der Waals surface area contributed by atoms with Gasteiger partial charge < -0.3 is 15.0 Å². The number of amides is 1. The van der Waals surface area contributed by atoms with Crippen LogP contribution in [0.15, 0.2) is 59.6 Å². The van der Waals surface area contributed by atoms with Crippen molar-refractivity contribution in [3.8, 4) is 5.75 Å². The van der Waals surface area contributed by atoms with E-state index in [-0.39, 0.29) is 5.91 Å². The van der Waals surface area contributed by atoms with E-state index in [0.717, 1.165) is 42.4 Å². The van der Waals surface area contributed by atoms with Crippen molar-refractivity contribution < 1.29 is 9.53 Å². The molecule has 3 rings (SSSR count). The molecule has 0 atom stereocenters. The number of hydrogen-bond acceptors (Lipinski definition) is 4. The lowest BCUT2D eigenvalue weighted by atomic mass is 10.1. The molecule has 4 nitrogen and oxygen atoms in total. The van der Waals surface area contributed by atoms with Gasteiger partial charge in [0.15, 0.2) is 0 Å². The smallest absolute Gasteiger partial charge is 0.228 e. The van der Waals surface area contributed by atoms with Crippen LogP contribution in [-0.4, -0.2) is 23.3 Å². The fourth-order valence-electron chi connectivity index (χ4n) is 4.86. The van der Waals surface area contributed by atoms with Crippen molar-refractivity contribution in [1.29, 1.82) is 0 Å². The summed E-state index contributed by atoms with van der Waals surface area (Å²) in [5, 5.41) is 3.06. The SMILES string of the molecule is CCCCCCCCCCCCCCOc1cccc(CC(=O)Nc2cccc(CN3C=C(C)SC3)c2)c1. The minimum Gasteiger partial charge on any atom is -0.494 e. The molecule has 208 valence electrons. The lowest BCUT2D eigenvalue weighted by Gasteiger charge is -2.15. The van der Waals surface area contributed by atoms with Crippen LogP contribution in [0.5, 0.6) is 5.75 Å². The molecule has 0 bridgehead atoms. The standard InChI is InChI=1S/C33H48N2O2S/c1-3-4-5-6-7-8-9-10-11-12-13-14-21-37-32-20-16-17-29(23-32)24-33(36)34-31-19-15-18-30(22-31)26-35-25-28(2)38-27-35/h15-20,22-23,25H,3-14,21,24,26-27H2,1-2H3,(H,34,36). The Hall–Kier alpha value is -2.40. The summed E-state index contributed by atoms with van der Waals surface area (Å²) in [5.41, 5.74) is 3.02. The predicted octanol–water partition coefficient (Wildman–Crippen LogP) is 9.32. The molecule has 2 aromatic rings. The topological polar surface area (TPSA) is 41.6 Å². The lowest BCUT2D eigenvalue weighted by Crippen LogP contribution is -2.15. The first-order valence-electron chi connectivity index (χ1n) is 14.8. The maximum Gasteiger partial charge on any atom is 0.228 e. The van der Waals surface area contributed by atoms with Gasteiger partial charge in [-0.1, -0.05) is 102 Å². The van der Waals surface area contributed by atoms with Gasteiger partial charge in [0.05, 0.1) is 18.9 Å². The van der Waals surface area contributed by atoms with Gasteiger partial charge in [0.1, 0.15) is 5.75 Å². The van der Waals surface area contributed by atoms with Gasteiger partial charge in [-0.3, -0.25) is 4.79 Å². The van der Waals surface area contributed by atoms with Crippen molar-refractivity contribution >= 4 is 23.4 Å². The molecule has 1 aliphatic heterocycles. The van der Waals surface area contributed by atoms with E-state index in [4.69, 9.17) is 4.74 Å². The van der Waals surface area contributed by atoms with Crippen LogP contribution in [0.25, 0.3) is 0 Å². The first-order valence-corrected chi connectivity index (χ1v) is 15.8. The Bertz CT molecular complexity index is 990. The first-order chi connectivity index (χ1) is 18.6. The van der Waals surface area contributed by atoms with Crippen LogP contribution in [0.1, 0.15) is 102 Å². The molecule has 38 heavy (non-hydrogen) atoms. The van der Waals surface area contributed by atoms with Crippen molar-refractivity contribution in [2.45, 2.75) is 104 Å². The van der Waals surface area contributed by atoms with Crippen molar-refractivity contribution in [1.82, 2.24) is 4.90 Å². The summed E-state index contributed by atoms with van der Waals surface area (Å²) in [7, 11) is 0. The van der Waals surface area contributed by atoms with Gasteiger partial charge in [-0.2, -0.15) is 0 Å². The maximum atomic E-state index is 12.7. The van der Waals surface area contributed by atoms with Crippen LogP contribution < -0.4 is 10.1 Å². The number of allylic oxidation sites excluding steroid dienone is 1. The Morgan fingerprint density at radius 3 is 2.21 bits per heavy atom. The zero-order valence-corrected chi connectivity index (χ0v) is 24.5. The van der Waals surface area contributed by atoms with E-state index in [1.54, 1.807) is 0 Å². The van der Waals surface area contributed by atoms with Gasteiger partial charge in [-0.15, -0.1) is 11.8 Å². The zero-order valence-electron chi connectivity index (χ0n) is 23.7. The number of nitrogens with one attached hydrogen (secondary N) is 1. The van der Waals surface area contributed by atoms with E-state index < -0.39 is 0 Å². The molecule has 0 saturated carbocycles. The number of carbonyl (C=O) groups excluding carboxylic acids is 1. The summed E-state index contributed by atoms with van der Waals surface area (Å²) in [5.74, 6) is 1.83. The van der Waals surface area contributed by atoms with E-state index in [1.807, 2.05) is 48.2 Å². The molecule has 1 amide bonds. The van der Waals surface area contributed by atoms with Crippen LogP contribution in [-0.2, 0) is 17.8 Å². The third kappa shape index (κ3) is 12.4. The molecular formula is C33H48N2O2S. The van der Waals surface area contributed by atoms with E-state index in [1.165, 1.54) is 81.1 Å². The second kappa shape index (κ2) is 18.0. The second-order valence-corrected chi connectivity index (χ2v) is 11.8. The van der Waals surface area contributed by atoms with Crippen LogP contribution in [0.2, 0.25) is 0 Å². The second-order valence-electron chi connectivity index (χ2n) is 10.6. The van der Waals surface area contributed by atoms with Gasteiger partial charge in [-0.25, -0.2) is 0 Å². The quantitative estimate of drug-likeness (QED) is 0.182. The molecular weight excluding hydrogens is 488 g/mol. The van der Waals surface area contributed by atoms with Crippen molar-refractivity contribution in [2.24, 2.45) is 0 Å². The molecule has 1 heterocycles. The van der Waals surface area contributed by atoms with Gasteiger partial charge in [0, 0.05) is 18.4 Å². The molecule has 5 heteroatoms. The summed E-state index contributed by atoms with van der Waals surface area (Å²) in [6.07, 6.45) is 18.6. The largest absolute Gasteiger partial charge is 0.494 e. The average Bonchev–Trinajstić information content (AvgIpc) is 3.31. The van der Waals surface area contributed by atoms with Crippen molar-refractivity contribution in [2.75, 3.05) is 17.8 Å². The third-order valence-corrected chi connectivity index (χ3v) is 7.97. The highest BCUT2D eigenvalue weighted by Gasteiger charge is 2.11. The molecule has 0 unspecified atom stereocenters. The molecule has 0 saturated heterocycles. The van der Waals surface area contributed by atoms with E-state index in [2.05, 4.69) is 42.4 Å². The summed E-state index contributed by atoms with van der Waals surface area (Å²) >= 11 is 1.86. The first kappa shape index (κ1) is 30.1. The van der Waals surface area contributed by atoms with Crippen LogP contribution in [0.3, 0.4) is 0 Å². The van der Waals surface area contributed by atoms with Crippen molar-refractivity contribution in [3.05, 3.63) is 70.8 Å². The molecule has 0 fully saturated rings. The number of ether oxygens (including phenoxy) is 1. The molecule has 2 aromatic carbocycles. The monoisotopic (exact) mass is 536 g/mol. The van der Waals surface area contributed by atoms with Crippen molar-refractivity contribution in [3.63, 3.8) is 0 Å². The normalized spacial score (nSPS) is 13.0. The predicted molar refractivity (Wildman–Crippen MR) is 164 cm³/mol. The Balaban J connectivity index is 1.28. The molecule has 1 N–H and O–H groups in total. The van der Waals surface area contributed by atoms with Crippen LogP contribution in [0, 0.1) is 0 Å². The summed E-state index contributed by atoms with van der Waals surface area (Å²) in [6, 6.07) is 16.1. The number of carbonyl (C=O) groups is 1. The van der Waals surface area contributed by atoms with Crippen LogP contribution >= 0.6 is 11.8 Å². The van der Waals surface area contributed by atoms with Gasteiger partial charge in [-0.05, 0) is 53.6 Å². The lowest BCUT2D eigenvalue weighted by molar-refractivity contribution is -0.115. The minimum absolute atomic E-state index is 0.00673. The Morgan fingerprint density at radius 1 is 0.868 bits per heavy atom. The number of benzene rings is 2. The maximum absolute atomic E-state index is 12.7. The van der Waals surface area contributed by atoms with Crippen LogP contribution in [0.4, 0.5) is 5.69 Å². The average molecular weight is 537 g/mol. The number of thioether (sulfide) groups is 1. The molecule has 0 aliphatic carbocycles. The molecule has 1 aliphatic rings. The Labute approximate surface area is 235 Å². The highest BCUT2D eigenvalue weighted by molar-refractivity contribution is 8.03. The molecule has 0 spiro atoms. The summed E-state index contributed by atoms with van der Waals surface area (Å²) in [4.78, 5) is 16.3. The number of anilines is 1. The summed E-state index contributed by atoms with van der Waals surface area (Å²) < 4.78 is 5.98. The fourth-order valence-corrected chi connectivity index (χ4v) is 5.62. The zero-order chi connectivity index (χ0) is 26.8. The number of nitrogens with zero attached hydrogens (tertiary/aromatic N) is 1. The van der Waals surface area contributed by atoms with Gasteiger partial charge >= 0.3 is 0 Å². The third-order valence-electron chi connectivity index (χ3n) is 6.95. The highest BCUT2D eigenvalue weighted by atomic mass is 32.2. The highest BCUT2D eigenvalue weighted by Crippen LogP contribution is 2.26. The summed E-state index contributed by atoms with van der Waals surface area (Å²) in [6.45, 7) is 6.01. The molecule has 0 aromatic heterocycles. The number of hydrogen-bond donors (Lipinski definition) is 1. The Morgan fingerprint density at radius 2 is 1.53 bits per heavy atom. The molecule has 0 radical (unpaired) electrons. The Kier molecular flexibility index (Phi) is 14.3. The van der Waals surface area contributed by atoms with E-state index in [9.17, 15) is 4.79 Å².